The van der Waals surface area contributed by atoms with Gasteiger partial charge in [0.1, 0.15) is 42.6 Å². The molecule has 2 saturated heterocycles. The maximum Gasteiger partial charge on any atom is 0.320 e. The minimum atomic E-state index is -0.831. The number of aliphatic hydroxyl groups is 1. The van der Waals surface area contributed by atoms with Gasteiger partial charge in [0, 0.05) is 42.7 Å². The summed E-state index contributed by atoms with van der Waals surface area (Å²) < 4.78 is 19.1. The zero-order chi connectivity index (χ0) is 39.9. The summed E-state index contributed by atoms with van der Waals surface area (Å²) >= 11 is 6.88. The number of nitriles is 1. The Kier molecular flexibility index (Phi) is 13.0. The van der Waals surface area contributed by atoms with E-state index in [4.69, 9.17) is 25.8 Å². The van der Waals surface area contributed by atoms with Gasteiger partial charge in [-0.15, -0.1) is 0 Å². The van der Waals surface area contributed by atoms with Crippen molar-refractivity contribution >= 4 is 17.6 Å². The van der Waals surface area contributed by atoms with E-state index in [0.717, 1.165) is 96.4 Å². The summed E-state index contributed by atoms with van der Waals surface area (Å²) in [4.78, 5) is 20.8. The van der Waals surface area contributed by atoms with Crippen LogP contribution in [0, 0.1) is 30.6 Å². The van der Waals surface area contributed by atoms with Crippen molar-refractivity contribution in [3.8, 4) is 34.4 Å². The molecule has 1 saturated carbocycles. The maximum atomic E-state index is 12.1. The van der Waals surface area contributed by atoms with Crippen molar-refractivity contribution < 1.29 is 29.2 Å². The number of pyridine rings is 1. The number of aliphatic hydroxyl groups excluding tert-OH is 1. The number of hydrogen-bond acceptors (Lipinski definition) is 9. The number of likely N-dealkylation sites (tertiary alicyclic amines) is 2. The Hall–Kier alpha value is -4.66. The predicted molar refractivity (Wildman–Crippen MR) is 220 cm³/mol. The average Bonchev–Trinajstić information content (AvgIpc) is 3.20. The summed E-state index contributed by atoms with van der Waals surface area (Å²) in [7, 11) is 0. The minimum absolute atomic E-state index is 0.0837. The van der Waals surface area contributed by atoms with Crippen molar-refractivity contribution in [2.24, 2.45) is 5.41 Å². The van der Waals surface area contributed by atoms with Gasteiger partial charge in [-0.1, -0.05) is 48.4 Å². The Morgan fingerprint density at radius 2 is 1.67 bits per heavy atom. The summed E-state index contributed by atoms with van der Waals surface area (Å²) in [6.07, 6.45) is 10.8. The van der Waals surface area contributed by atoms with Crippen molar-refractivity contribution in [2.45, 2.75) is 97.1 Å². The van der Waals surface area contributed by atoms with Gasteiger partial charge in [-0.2, -0.15) is 5.26 Å². The van der Waals surface area contributed by atoms with Gasteiger partial charge in [0.2, 0.25) is 0 Å². The molecular formula is C46H53ClN4O6. The van der Waals surface area contributed by atoms with Gasteiger partial charge in [0.25, 0.3) is 0 Å². The van der Waals surface area contributed by atoms with Gasteiger partial charge in [-0.3, -0.25) is 14.7 Å². The molecule has 2 aliphatic heterocycles. The summed E-state index contributed by atoms with van der Waals surface area (Å²) in [5.41, 5.74) is 7.76. The molecule has 1 aromatic heterocycles. The number of carboxylic acid groups (broad SMARTS) is 1. The number of carbonyl (C=O) groups is 1. The van der Waals surface area contributed by atoms with Crippen LogP contribution in [0.5, 0.6) is 17.2 Å². The average molecular weight is 793 g/mol. The highest BCUT2D eigenvalue weighted by Gasteiger charge is 2.44. The summed E-state index contributed by atoms with van der Waals surface area (Å²) in [5, 5.41) is 29.5. The van der Waals surface area contributed by atoms with Crippen molar-refractivity contribution in [2.75, 3.05) is 32.8 Å². The van der Waals surface area contributed by atoms with Crippen LogP contribution in [-0.2, 0) is 24.6 Å². The van der Waals surface area contributed by atoms with E-state index < -0.39 is 12.0 Å². The fourth-order valence-electron chi connectivity index (χ4n) is 8.83. The molecule has 2 N–H and O–H groups in total. The van der Waals surface area contributed by atoms with E-state index in [9.17, 15) is 20.3 Å². The topological polar surface area (TPSA) is 128 Å². The number of rotatable bonds is 15. The minimum Gasteiger partial charge on any atom is -0.493 e. The Morgan fingerprint density at radius 3 is 2.42 bits per heavy atom. The lowest BCUT2D eigenvalue weighted by Crippen LogP contribution is -2.49. The van der Waals surface area contributed by atoms with E-state index in [1.165, 1.54) is 19.0 Å². The maximum absolute atomic E-state index is 12.1. The van der Waals surface area contributed by atoms with Crippen LogP contribution in [-0.4, -0.2) is 75.9 Å². The molecule has 0 amide bonds. The zero-order valence-corrected chi connectivity index (χ0v) is 33.8. The quantitative estimate of drug-likeness (QED) is 0.113. The molecule has 3 fully saturated rings. The van der Waals surface area contributed by atoms with Crippen LogP contribution in [0.25, 0.3) is 11.1 Å². The van der Waals surface area contributed by atoms with Crippen LogP contribution in [0.4, 0.5) is 0 Å². The van der Waals surface area contributed by atoms with Crippen molar-refractivity contribution in [1.82, 2.24) is 14.8 Å². The van der Waals surface area contributed by atoms with Crippen LogP contribution < -0.4 is 14.2 Å². The molecule has 4 aromatic rings. The predicted octanol–water partition coefficient (Wildman–Crippen LogP) is 8.49. The number of benzene rings is 3. The molecule has 11 heteroatoms. The van der Waals surface area contributed by atoms with Crippen LogP contribution in [0.2, 0.25) is 5.02 Å². The van der Waals surface area contributed by atoms with Gasteiger partial charge in [0.05, 0.1) is 23.3 Å². The lowest BCUT2D eigenvalue weighted by atomic mass is 9.61. The van der Waals surface area contributed by atoms with E-state index >= 15 is 0 Å². The SMILES string of the molecule is Cc1c(COc2cc(OCc3cncc(C#N)c3)c(CN3CCCC[C@H]3C(=O)O)cc2Cl)cccc1-c1cccc(OCCCN2CCC3(CC2)CC(O)C3)c1C. The Labute approximate surface area is 341 Å². The molecule has 0 bridgehead atoms. The number of piperidine rings is 2. The molecule has 300 valence electrons. The van der Waals surface area contributed by atoms with Gasteiger partial charge >= 0.3 is 5.97 Å². The van der Waals surface area contributed by atoms with Crippen LogP contribution in [0.15, 0.2) is 67.0 Å². The number of nitrogens with zero attached hydrogens (tertiary/aromatic N) is 4. The van der Waals surface area contributed by atoms with Gasteiger partial charge < -0.3 is 29.3 Å². The molecule has 57 heavy (non-hydrogen) atoms. The smallest absolute Gasteiger partial charge is 0.320 e. The van der Waals surface area contributed by atoms with E-state index in [0.29, 0.717) is 53.6 Å². The number of aliphatic carboxylic acids is 1. The summed E-state index contributed by atoms with van der Waals surface area (Å²) in [5.74, 6) is 1.05. The molecule has 3 heterocycles. The molecule has 3 aliphatic rings. The van der Waals surface area contributed by atoms with Crippen LogP contribution in [0.1, 0.15) is 84.7 Å². The second-order valence-corrected chi connectivity index (χ2v) is 16.5. The fourth-order valence-corrected chi connectivity index (χ4v) is 9.07. The van der Waals surface area contributed by atoms with Gasteiger partial charge in [0.15, 0.2) is 0 Å². The number of carboxylic acids is 1. The fraction of sp³-hybridized carbons (Fsp3) is 0.457. The number of hydrogen-bond donors (Lipinski definition) is 2. The first-order chi connectivity index (χ1) is 27.6. The van der Waals surface area contributed by atoms with Gasteiger partial charge in [-0.25, -0.2) is 0 Å². The first-order valence-corrected chi connectivity index (χ1v) is 20.6. The number of ether oxygens (including phenoxy) is 3. The third kappa shape index (κ3) is 9.73. The Bertz CT molecular complexity index is 2090. The highest BCUT2D eigenvalue weighted by molar-refractivity contribution is 6.32. The third-order valence-corrected chi connectivity index (χ3v) is 12.5. The lowest BCUT2D eigenvalue weighted by molar-refractivity contribution is -0.144. The first-order valence-electron chi connectivity index (χ1n) is 20.2. The molecule has 1 aliphatic carbocycles. The Balaban J connectivity index is 1.02. The first kappa shape index (κ1) is 40.5. The largest absolute Gasteiger partial charge is 0.493 e. The van der Waals surface area contributed by atoms with E-state index in [-0.39, 0.29) is 19.3 Å². The number of aromatic nitrogens is 1. The summed E-state index contributed by atoms with van der Waals surface area (Å²) in [6.45, 7) is 9.57. The lowest BCUT2D eigenvalue weighted by Gasteiger charge is -2.50. The molecule has 0 unspecified atom stereocenters. The number of halogens is 1. The van der Waals surface area contributed by atoms with E-state index in [1.807, 2.05) is 23.1 Å². The van der Waals surface area contributed by atoms with Crippen LogP contribution >= 0.6 is 11.6 Å². The van der Waals surface area contributed by atoms with Crippen molar-refractivity contribution in [3.05, 3.63) is 105 Å². The molecular weight excluding hydrogens is 740 g/mol. The van der Waals surface area contributed by atoms with E-state index in [2.05, 4.69) is 54.1 Å². The normalized spacial score (nSPS) is 18.5. The molecule has 7 rings (SSSR count). The second-order valence-electron chi connectivity index (χ2n) is 16.1. The van der Waals surface area contributed by atoms with Crippen molar-refractivity contribution in [3.63, 3.8) is 0 Å². The van der Waals surface area contributed by atoms with Crippen molar-refractivity contribution in [1.29, 1.82) is 5.26 Å². The monoisotopic (exact) mass is 792 g/mol. The second kappa shape index (κ2) is 18.3. The molecule has 0 radical (unpaired) electrons. The molecule has 3 aromatic carbocycles. The highest BCUT2D eigenvalue weighted by atomic mass is 35.5. The standard InChI is InChI=1S/C46H53ClN4O6/c1-31-35(8-5-9-38(31)39-10-6-12-42(32(39)2)55-19-7-15-50-17-13-46(14-18-50)23-37(52)24-46)30-57-44-22-43(56-29-34-20-33(25-48)26-49-27-34)36(21-40(44)47)28-51-16-4-3-11-41(51)45(53)54/h5-6,8-10,12,20-22,26-27,37,41,52H,3-4,7,11,13-19,23-24,28-30H2,1-2H3,(H,53,54)/t41-/m0/s1. The molecule has 1 spiro atoms. The summed E-state index contributed by atoms with van der Waals surface area (Å²) in [6, 6.07) is 19.3. The van der Waals surface area contributed by atoms with E-state index in [1.54, 1.807) is 18.3 Å². The van der Waals surface area contributed by atoms with Crippen LogP contribution in [0.3, 0.4) is 0 Å². The Morgan fingerprint density at radius 1 is 0.912 bits per heavy atom. The highest BCUT2D eigenvalue weighted by Crippen LogP contribution is 2.49. The third-order valence-electron chi connectivity index (χ3n) is 12.2. The zero-order valence-electron chi connectivity index (χ0n) is 33.0. The molecule has 1 atom stereocenters. The molecule has 10 nitrogen and oxygen atoms in total. The van der Waals surface area contributed by atoms with Gasteiger partial charge in [-0.05, 0) is 130 Å².